The van der Waals surface area contributed by atoms with Gasteiger partial charge in [0.05, 0.1) is 6.20 Å². The van der Waals surface area contributed by atoms with Crippen molar-refractivity contribution in [2.75, 3.05) is 26.2 Å². The molecule has 2 aromatic rings. The van der Waals surface area contributed by atoms with Crippen LogP contribution in [0.25, 0.3) is 11.6 Å². The lowest BCUT2D eigenvalue weighted by atomic mass is 9.93. The van der Waals surface area contributed by atoms with E-state index in [0.717, 1.165) is 45.4 Å². The first-order valence-corrected chi connectivity index (χ1v) is 9.33. The number of hydrogen-bond acceptors (Lipinski definition) is 6. The fraction of sp³-hybridized carbons (Fsp3) is 0.611. The first-order valence-electron chi connectivity index (χ1n) is 9.33. The van der Waals surface area contributed by atoms with Crippen molar-refractivity contribution in [3.05, 3.63) is 24.5 Å². The molecule has 0 spiro atoms. The molecule has 3 rings (SSSR count). The van der Waals surface area contributed by atoms with Crippen molar-refractivity contribution >= 4 is 6.03 Å². The zero-order valence-electron chi connectivity index (χ0n) is 15.5. The van der Waals surface area contributed by atoms with Gasteiger partial charge in [-0.2, -0.15) is 0 Å². The molecule has 1 atom stereocenters. The average molecular weight is 358 g/mol. The van der Waals surface area contributed by atoms with Crippen molar-refractivity contribution in [2.45, 2.75) is 39.5 Å². The van der Waals surface area contributed by atoms with Crippen LogP contribution in [-0.2, 0) is 6.42 Å². The van der Waals surface area contributed by atoms with Gasteiger partial charge in [-0.1, -0.05) is 0 Å². The molecule has 3 heterocycles. The Balaban J connectivity index is 1.53. The van der Waals surface area contributed by atoms with Crippen molar-refractivity contribution in [2.24, 2.45) is 5.92 Å². The third-order valence-corrected chi connectivity index (χ3v) is 4.84. The summed E-state index contributed by atoms with van der Waals surface area (Å²) in [6, 6.07) is 0.155. The number of carbonyl (C=O) groups is 1. The van der Waals surface area contributed by atoms with Gasteiger partial charge in [-0.25, -0.2) is 9.78 Å². The summed E-state index contributed by atoms with van der Waals surface area (Å²) in [5.74, 6) is 1.48. The molecule has 2 aromatic heterocycles. The molecule has 2 amide bonds. The van der Waals surface area contributed by atoms with Crippen molar-refractivity contribution in [3.63, 3.8) is 0 Å². The van der Waals surface area contributed by atoms with Crippen LogP contribution in [0.4, 0.5) is 4.79 Å². The zero-order valence-corrected chi connectivity index (χ0v) is 15.5. The minimum absolute atomic E-state index is 0.155. The lowest BCUT2D eigenvalue weighted by molar-refractivity contribution is 0.129. The molecule has 8 nitrogen and oxygen atoms in total. The lowest BCUT2D eigenvalue weighted by Gasteiger charge is -2.35. The topological polar surface area (TPSA) is 88.3 Å². The molecule has 1 fully saturated rings. The monoisotopic (exact) mass is 358 g/mol. The maximum absolute atomic E-state index is 12.5. The van der Waals surface area contributed by atoms with E-state index >= 15 is 0 Å². The van der Waals surface area contributed by atoms with Gasteiger partial charge in [0, 0.05) is 45.0 Å². The largest absolute Gasteiger partial charge is 0.419 e. The highest BCUT2D eigenvalue weighted by Crippen LogP contribution is 2.23. The number of carbonyl (C=O) groups excluding carboxylic acids is 1. The summed E-state index contributed by atoms with van der Waals surface area (Å²) in [7, 11) is 0. The van der Waals surface area contributed by atoms with Gasteiger partial charge in [0.1, 0.15) is 5.69 Å². The lowest BCUT2D eigenvalue weighted by Crippen LogP contribution is -2.47. The predicted octanol–water partition coefficient (Wildman–Crippen LogP) is 2.63. The van der Waals surface area contributed by atoms with E-state index < -0.39 is 0 Å². The van der Waals surface area contributed by atoms with E-state index in [1.165, 1.54) is 0 Å². The van der Waals surface area contributed by atoms with E-state index in [1.54, 1.807) is 18.6 Å². The van der Waals surface area contributed by atoms with Gasteiger partial charge in [0.25, 0.3) is 5.89 Å². The van der Waals surface area contributed by atoms with Crippen LogP contribution >= 0.6 is 0 Å². The van der Waals surface area contributed by atoms with Crippen molar-refractivity contribution in [1.82, 2.24) is 30.0 Å². The summed E-state index contributed by atoms with van der Waals surface area (Å²) >= 11 is 0. The highest BCUT2D eigenvalue weighted by molar-refractivity contribution is 5.74. The summed E-state index contributed by atoms with van der Waals surface area (Å²) in [6.45, 7) is 7.21. The molecule has 0 saturated carbocycles. The van der Waals surface area contributed by atoms with Gasteiger partial charge in [0.15, 0.2) is 0 Å². The molecule has 1 aliphatic rings. The smallest absolute Gasteiger partial charge is 0.319 e. The van der Waals surface area contributed by atoms with Crippen LogP contribution in [0.1, 0.15) is 39.0 Å². The first kappa shape index (κ1) is 18.3. The molecule has 0 aliphatic carbocycles. The fourth-order valence-electron chi connectivity index (χ4n) is 3.36. The standard InChI is InChI=1S/C18H26N6O2/c1-3-23(4-2)18(25)24-11-5-6-14(13-24)7-8-16-21-22-17(26-16)15-12-19-9-10-20-15/h9-10,12,14H,3-8,11,13H2,1-2H3/t14-/m1/s1. The molecule has 0 N–H and O–H groups in total. The SMILES string of the molecule is CCN(CC)C(=O)N1CCC[C@H](CCc2nnc(-c3cnccn3)o2)C1. The Morgan fingerprint density at radius 3 is 2.88 bits per heavy atom. The van der Waals surface area contributed by atoms with E-state index in [-0.39, 0.29) is 6.03 Å². The number of likely N-dealkylation sites (tertiary alicyclic amines) is 1. The highest BCUT2D eigenvalue weighted by Gasteiger charge is 2.26. The van der Waals surface area contributed by atoms with Gasteiger partial charge in [-0.15, -0.1) is 10.2 Å². The van der Waals surface area contributed by atoms with Gasteiger partial charge in [-0.3, -0.25) is 4.98 Å². The third kappa shape index (κ3) is 4.36. The van der Waals surface area contributed by atoms with E-state index in [2.05, 4.69) is 20.2 Å². The summed E-state index contributed by atoms with van der Waals surface area (Å²) < 4.78 is 5.69. The zero-order chi connectivity index (χ0) is 18.4. The Kier molecular flexibility index (Phi) is 6.14. The molecule has 0 radical (unpaired) electrons. The van der Waals surface area contributed by atoms with Crippen LogP contribution in [0.3, 0.4) is 0 Å². The van der Waals surface area contributed by atoms with Crippen molar-refractivity contribution in [1.29, 1.82) is 0 Å². The van der Waals surface area contributed by atoms with Gasteiger partial charge in [0.2, 0.25) is 5.89 Å². The number of rotatable bonds is 6. The summed E-state index contributed by atoms with van der Waals surface area (Å²) in [5, 5.41) is 8.16. The Bertz CT molecular complexity index is 701. The van der Waals surface area contributed by atoms with Gasteiger partial charge < -0.3 is 14.2 Å². The van der Waals surface area contributed by atoms with E-state index in [1.807, 2.05) is 23.6 Å². The van der Waals surface area contributed by atoms with Crippen molar-refractivity contribution in [3.8, 4) is 11.6 Å². The number of aromatic nitrogens is 4. The molecular formula is C18H26N6O2. The van der Waals surface area contributed by atoms with Crippen LogP contribution in [0.5, 0.6) is 0 Å². The number of aryl methyl sites for hydroxylation is 1. The van der Waals surface area contributed by atoms with Crippen LogP contribution in [0.15, 0.2) is 23.0 Å². The minimum atomic E-state index is 0.155. The van der Waals surface area contributed by atoms with Crippen LogP contribution in [0, 0.1) is 5.92 Å². The van der Waals surface area contributed by atoms with E-state index in [4.69, 9.17) is 4.42 Å². The van der Waals surface area contributed by atoms with Crippen LogP contribution in [-0.4, -0.2) is 62.2 Å². The molecule has 0 unspecified atom stereocenters. The van der Waals surface area contributed by atoms with Crippen LogP contribution in [0.2, 0.25) is 0 Å². The van der Waals surface area contributed by atoms with Crippen molar-refractivity contribution < 1.29 is 9.21 Å². The third-order valence-electron chi connectivity index (χ3n) is 4.84. The Labute approximate surface area is 153 Å². The predicted molar refractivity (Wildman–Crippen MR) is 96.3 cm³/mol. The normalized spacial score (nSPS) is 17.3. The number of amides is 2. The molecule has 1 saturated heterocycles. The second-order valence-electron chi connectivity index (χ2n) is 6.54. The maximum atomic E-state index is 12.5. The highest BCUT2D eigenvalue weighted by atomic mass is 16.4. The first-order chi connectivity index (χ1) is 12.7. The second kappa shape index (κ2) is 8.73. The molecule has 0 bridgehead atoms. The van der Waals surface area contributed by atoms with Gasteiger partial charge >= 0.3 is 6.03 Å². The number of hydrogen-bond donors (Lipinski definition) is 0. The summed E-state index contributed by atoms with van der Waals surface area (Å²) in [5.41, 5.74) is 0.583. The number of nitrogens with zero attached hydrogens (tertiary/aromatic N) is 6. The van der Waals surface area contributed by atoms with E-state index in [0.29, 0.717) is 29.8 Å². The molecule has 0 aromatic carbocycles. The summed E-state index contributed by atoms with van der Waals surface area (Å²) in [6.07, 6.45) is 8.64. The van der Waals surface area contributed by atoms with E-state index in [9.17, 15) is 4.79 Å². The number of piperidine rings is 1. The van der Waals surface area contributed by atoms with Crippen LogP contribution < -0.4 is 0 Å². The quantitative estimate of drug-likeness (QED) is 0.789. The minimum Gasteiger partial charge on any atom is -0.419 e. The second-order valence-corrected chi connectivity index (χ2v) is 6.54. The molecule has 26 heavy (non-hydrogen) atoms. The Morgan fingerprint density at radius 2 is 2.15 bits per heavy atom. The Morgan fingerprint density at radius 1 is 1.31 bits per heavy atom. The summed E-state index contributed by atoms with van der Waals surface area (Å²) in [4.78, 5) is 24.6. The molecule has 1 aliphatic heterocycles. The van der Waals surface area contributed by atoms with Gasteiger partial charge in [-0.05, 0) is 39.0 Å². The number of urea groups is 1. The Hall–Kier alpha value is -2.51. The average Bonchev–Trinajstić information content (AvgIpc) is 3.17. The fourth-order valence-corrected chi connectivity index (χ4v) is 3.36. The molecular weight excluding hydrogens is 332 g/mol. The maximum Gasteiger partial charge on any atom is 0.319 e. The molecule has 8 heteroatoms. The molecule has 140 valence electrons.